The maximum atomic E-state index is 13.2. The van der Waals surface area contributed by atoms with Gasteiger partial charge in [-0.05, 0) is 53.1 Å². The summed E-state index contributed by atoms with van der Waals surface area (Å²) < 4.78 is 8.95. The zero-order valence-electron chi connectivity index (χ0n) is 22.6. The molecule has 0 bridgehead atoms. The van der Waals surface area contributed by atoms with E-state index in [1.165, 1.54) is 9.13 Å². The van der Waals surface area contributed by atoms with Gasteiger partial charge in [0.25, 0.3) is 0 Å². The lowest BCUT2D eigenvalue weighted by molar-refractivity contribution is -0.000408. The highest BCUT2D eigenvalue weighted by molar-refractivity contribution is 5.89. The summed E-state index contributed by atoms with van der Waals surface area (Å²) >= 11 is 0. The molecule has 5 rings (SSSR count). The Labute approximate surface area is 238 Å². The molecule has 0 amide bonds. The van der Waals surface area contributed by atoms with E-state index in [1.807, 2.05) is 60.7 Å². The van der Waals surface area contributed by atoms with Crippen molar-refractivity contribution in [2.75, 3.05) is 7.11 Å². The van der Waals surface area contributed by atoms with Crippen LogP contribution in [0.1, 0.15) is 22.3 Å². The van der Waals surface area contributed by atoms with Gasteiger partial charge in [0.05, 0.1) is 28.6 Å². The first-order valence-electron chi connectivity index (χ1n) is 13.1. The van der Waals surface area contributed by atoms with E-state index >= 15 is 0 Å². The number of rotatable bonds is 10. The molecule has 0 fully saturated rings. The minimum atomic E-state index is -0.654. The summed E-state index contributed by atoms with van der Waals surface area (Å²) in [7, 11) is 1.59. The van der Waals surface area contributed by atoms with E-state index in [0.717, 1.165) is 11.1 Å². The van der Waals surface area contributed by atoms with Crippen LogP contribution < -0.4 is 5.69 Å². The van der Waals surface area contributed by atoms with Gasteiger partial charge in [0.15, 0.2) is 0 Å². The van der Waals surface area contributed by atoms with E-state index in [1.54, 1.807) is 68.0 Å². The van der Waals surface area contributed by atoms with Crippen LogP contribution in [-0.2, 0) is 22.6 Å². The molecular formula is C34H28N4O3. The molecule has 1 unspecified atom stereocenters. The molecule has 0 saturated heterocycles. The molecule has 4 aromatic carbocycles. The summed E-state index contributed by atoms with van der Waals surface area (Å²) in [4.78, 5) is 27.6. The Hall–Kier alpha value is -5.25. The van der Waals surface area contributed by atoms with Crippen molar-refractivity contribution in [2.45, 2.75) is 19.3 Å². The molecule has 0 radical (unpaired) electrons. The second-order valence-electron chi connectivity index (χ2n) is 9.51. The average molecular weight is 541 g/mol. The highest BCUT2D eigenvalue weighted by atomic mass is 16.5. The monoisotopic (exact) mass is 540 g/mol. The molecule has 0 aliphatic rings. The van der Waals surface area contributed by atoms with Gasteiger partial charge < -0.3 is 4.74 Å². The zero-order chi connectivity index (χ0) is 28.6. The molecule has 1 aromatic heterocycles. The smallest absolute Gasteiger partial charge is 0.337 e. The molecule has 0 aliphatic carbocycles. The Morgan fingerprint density at radius 2 is 1.27 bits per heavy atom. The number of carbonyl (C=O) groups excluding carboxylic acids is 1. The Balaban J connectivity index is 1.42. The van der Waals surface area contributed by atoms with Crippen LogP contribution in [-0.4, -0.2) is 33.3 Å². The van der Waals surface area contributed by atoms with E-state index in [-0.39, 0.29) is 5.69 Å². The number of benzene rings is 4. The summed E-state index contributed by atoms with van der Waals surface area (Å²) in [6.07, 6.45) is 2.71. The number of methoxy groups -OCH3 is 1. The Morgan fingerprint density at radius 1 is 0.780 bits per heavy atom. The number of aromatic nitrogens is 2. The van der Waals surface area contributed by atoms with Crippen LogP contribution in [0.3, 0.4) is 0 Å². The predicted molar refractivity (Wildman–Crippen MR) is 158 cm³/mol. The van der Waals surface area contributed by atoms with Crippen molar-refractivity contribution in [2.24, 2.45) is 0 Å². The minimum absolute atomic E-state index is 0.250. The summed E-state index contributed by atoms with van der Waals surface area (Å²) in [5.41, 5.74) is 4.80. The van der Waals surface area contributed by atoms with Crippen molar-refractivity contribution in [3.8, 4) is 17.4 Å². The normalized spacial score (nSPS) is 11.5. The first kappa shape index (κ1) is 27.3. The van der Waals surface area contributed by atoms with Gasteiger partial charge in [-0.15, -0.1) is 0 Å². The lowest BCUT2D eigenvalue weighted by atomic mass is 10.0. The van der Waals surface area contributed by atoms with Gasteiger partial charge >= 0.3 is 5.69 Å². The molecule has 7 heteroatoms. The molecule has 41 heavy (non-hydrogen) atoms. The first-order chi connectivity index (χ1) is 20.1. The third-order valence-electron chi connectivity index (χ3n) is 6.88. The highest BCUT2D eigenvalue weighted by Crippen LogP contribution is 2.25. The van der Waals surface area contributed by atoms with Gasteiger partial charge in [-0.1, -0.05) is 72.8 Å². The zero-order valence-corrected chi connectivity index (χ0v) is 22.6. The van der Waals surface area contributed by atoms with Crippen molar-refractivity contribution >= 4 is 11.5 Å². The van der Waals surface area contributed by atoms with Gasteiger partial charge in [0.2, 0.25) is 0 Å². The van der Waals surface area contributed by atoms with Crippen LogP contribution in [0.4, 0.5) is 0 Å². The summed E-state index contributed by atoms with van der Waals surface area (Å²) in [6, 6.07) is 36.2. The molecule has 0 N–H and O–H groups in total. The minimum Gasteiger partial charge on any atom is -0.361 e. The quantitative estimate of drug-likeness (QED) is 0.175. The van der Waals surface area contributed by atoms with Crippen molar-refractivity contribution < 1.29 is 9.53 Å². The maximum absolute atomic E-state index is 13.2. The van der Waals surface area contributed by atoms with E-state index in [4.69, 9.17) is 10.00 Å². The van der Waals surface area contributed by atoms with Crippen LogP contribution in [0.25, 0.3) is 16.9 Å². The molecule has 0 spiro atoms. The van der Waals surface area contributed by atoms with E-state index in [9.17, 15) is 9.59 Å². The molecule has 1 heterocycles. The van der Waals surface area contributed by atoms with Gasteiger partial charge in [-0.3, -0.25) is 14.0 Å². The fraction of sp³-hybridized carbons (Fsp3) is 0.118. The topological polar surface area (TPSA) is 80.3 Å². The number of ether oxygens (including phenoxy) is 1. The predicted octanol–water partition coefficient (Wildman–Crippen LogP) is 5.39. The number of hydrogen-bond donors (Lipinski definition) is 0. The highest BCUT2D eigenvalue weighted by Gasteiger charge is 2.25. The molecule has 0 aliphatic heterocycles. The number of imidazole rings is 1. The van der Waals surface area contributed by atoms with E-state index < -0.39 is 6.23 Å². The van der Waals surface area contributed by atoms with Crippen LogP contribution in [0, 0.1) is 11.3 Å². The second-order valence-corrected chi connectivity index (χ2v) is 9.51. The maximum Gasteiger partial charge on any atom is 0.337 e. The fourth-order valence-electron chi connectivity index (χ4n) is 4.83. The lowest BCUT2D eigenvalue weighted by Crippen LogP contribution is -2.37. The van der Waals surface area contributed by atoms with Crippen molar-refractivity contribution in [1.29, 1.82) is 5.26 Å². The van der Waals surface area contributed by atoms with Gasteiger partial charge in [0, 0.05) is 32.6 Å². The number of nitriles is 1. The van der Waals surface area contributed by atoms with Crippen LogP contribution >= 0.6 is 0 Å². The number of hydrogen-bond acceptors (Lipinski definition) is 5. The Morgan fingerprint density at radius 3 is 1.71 bits per heavy atom. The Bertz CT molecular complexity index is 1700. The fourth-order valence-corrected chi connectivity index (χ4v) is 4.83. The van der Waals surface area contributed by atoms with Gasteiger partial charge in [-0.2, -0.15) is 5.26 Å². The van der Waals surface area contributed by atoms with Crippen LogP contribution in [0.15, 0.2) is 126 Å². The van der Waals surface area contributed by atoms with Crippen LogP contribution in [0.5, 0.6) is 0 Å². The van der Waals surface area contributed by atoms with Gasteiger partial charge in [0.1, 0.15) is 12.2 Å². The lowest BCUT2D eigenvalue weighted by Gasteiger charge is -2.31. The van der Waals surface area contributed by atoms with Gasteiger partial charge in [-0.25, -0.2) is 9.59 Å². The summed E-state index contributed by atoms with van der Waals surface area (Å²) in [5.74, 6) is 2.13. The molecule has 7 nitrogen and oxygen atoms in total. The van der Waals surface area contributed by atoms with Crippen molar-refractivity contribution in [1.82, 2.24) is 14.0 Å². The van der Waals surface area contributed by atoms with Crippen molar-refractivity contribution in [3.63, 3.8) is 0 Å². The van der Waals surface area contributed by atoms with Crippen molar-refractivity contribution in [3.05, 3.63) is 154 Å². The Kier molecular flexibility index (Phi) is 8.49. The third kappa shape index (κ3) is 6.17. The SMILES string of the molecule is COC(C(=C=O)c1ccc(-n2ccn(-c3ccc(C#N)cc3)c2=O)cc1)N(Cc1ccccc1)Cc1ccccc1. The molecule has 202 valence electrons. The van der Waals surface area contributed by atoms with E-state index in [0.29, 0.717) is 41.2 Å². The molecule has 0 saturated carbocycles. The molecule has 5 aromatic rings. The van der Waals surface area contributed by atoms with E-state index in [2.05, 4.69) is 16.9 Å². The molecular weight excluding hydrogens is 512 g/mol. The second kappa shape index (κ2) is 12.7. The standard InChI is InChI=1S/C34H28N4O3/c1-41-33(36(23-27-8-4-2-5-9-27)24-28-10-6-3-7-11-28)32(25-39)29-14-18-31(19-15-29)38-21-20-37(34(38)40)30-16-12-26(22-35)13-17-30/h2-21,33H,23-24H2,1H3. The van der Waals surface area contributed by atoms with Crippen LogP contribution in [0.2, 0.25) is 0 Å². The third-order valence-corrected chi connectivity index (χ3v) is 6.88. The average Bonchev–Trinajstić information content (AvgIpc) is 3.41. The largest absolute Gasteiger partial charge is 0.361 e. The summed E-state index contributed by atoms with van der Waals surface area (Å²) in [5, 5.41) is 9.04. The number of nitrogens with zero attached hydrogens (tertiary/aromatic N) is 4. The first-order valence-corrected chi connectivity index (χ1v) is 13.1. The summed E-state index contributed by atoms with van der Waals surface area (Å²) in [6.45, 7) is 1.13. The molecule has 1 atom stereocenters.